The van der Waals surface area contributed by atoms with Crippen molar-refractivity contribution < 1.29 is 4.39 Å². The van der Waals surface area contributed by atoms with Crippen LogP contribution in [0.25, 0.3) is 0 Å². The summed E-state index contributed by atoms with van der Waals surface area (Å²) in [5.41, 5.74) is 0.292. The molecule has 1 aromatic carbocycles. The second-order valence-corrected chi connectivity index (χ2v) is 4.74. The van der Waals surface area contributed by atoms with E-state index in [9.17, 15) is 4.39 Å². The first-order valence-corrected chi connectivity index (χ1v) is 6.78. The highest BCUT2D eigenvalue weighted by Gasteiger charge is 2.07. The summed E-state index contributed by atoms with van der Waals surface area (Å²) in [5, 5.41) is 6.37. The zero-order chi connectivity index (χ0) is 14.5. The van der Waals surface area contributed by atoms with Crippen molar-refractivity contribution in [3.8, 4) is 0 Å². The van der Waals surface area contributed by atoms with Gasteiger partial charge in [-0.15, -0.1) is 0 Å². The number of nitrogens with one attached hydrogen (secondary N) is 2. The van der Waals surface area contributed by atoms with Gasteiger partial charge in [0.15, 0.2) is 0 Å². The highest BCUT2D eigenvalue weighted by molar-refractivity contribution is 6.30. The molecule has 0 aliphatic heterocycles. The number of hydrogen-bond donors (Lipinski definition) is 2. The van der Waals surface area contributed by atoms with Gasteiger partial charge in [0.05, 0.1) is 5.69 Å². The molecule has 0 bridgehead atoms. The van der Waals surface area contributed by atoms with Crippen LogP contribution < -0.4 is 10.6 Å². The van der Waals surface area contributed by atoms with Gasteiger partial charge < -0.3 is 10.6 Å². The van der Waals surface area contributed by atoms with Crippen molar-refractivity contribution in [3.63, 3.8) is 0 Å². The standard InChI is InChI=1S/C14H16ClFN4/c1-3-4-12-19-13(17-2)8-14(20-12)18-11-7-9(15)5-6-10(11)16/h5-8H,3-4H2,1-2H3,(H2,17,18,19,20). The Bertz CT molecular complexity index is 604. The maximum absolute atomic E-state index is 13.7. The third-order valence-corrected chi connectivity index (χ3v) is 2.93. The van der Waals surface area contributed by atoms with E-state index < -0.39 is 0 Å². The van der Waals surface area contributed by atoms with Crippen LogP contribution >= 0.6 is 11.6 Å². The van der Waals surface area contributed by atoms with Crippen LogP contribution in [0.15, 0.2) is 24.3 Å². The van der Waals surface area contributed by atoms with Crippen molar-refractivity contribution in [2.45, 2.75) is 19.8 Å². The number of nitrogens with zero attached hydrogens (tertiary/aromatic N) is 2. The monoisotopic (exact) mass is 294 g/mol. The number of rotatable bonds is 5. The van der Waals surface area contributed by atoms with Crippen LogP contribution in [-0.2, 0) is 6.42 Å². The molecule has 4 nitrogen and oxygen atoms in total. The molecule has 2 N–H and O–H groups in total. The van der Waals surface area contributed by atoms with Gasteiger partial charge in [-0.25, -0.2) is 14.4 Å². The van der Waals surface area contributed by atoms with E-state index in [4.69, 9.17) is 11.6 Å². The van der Waals surface area contributed by atoms with E-state index in [1.165, 1.54) is 18.2 Å². The summed E-state index contributed by atoms with van der Waals surface area (Å²) < 4.78 is 13.7. The Morgan fingerprint density at radius 2 is 1.95 bits per heavy atom. The molecule has 0 aliphatic rings. The van der Waals surface area contributed by atoms with E-state index in [0.29, 0.717) is 28.2 Å². The average molecular weight is 295 g/mol. The summed E-state index contributed by atoms with van der Waals surface area (Å²) in [6, 6.07) is 6.07. The number of aromatic nitrogens is 2. The van der Waals surface area contributed by atoms with E-state index in [-0.39, 0.29) is 5.82 Å². The van der Waals surface area contributed by atoms with Gasteiger partial charge in [-0.05, 0) is 24.6 Å². The Kier molecular flexibility index (Phi) is 4.74. The second kappa shape index (κ2) is 6.52. The lowest BCUT2D eigenvalue weighted by atomic mass is 10.3. The Labute approximate surface area is 122 Å². The van der Waals surface area contributed by atoms with Crippen molar-refractivity contribution in [3.05, 3.63) is 40.9 Å². The topological polar surface area (TPSA) is 49.8 Å². The van der Waals surface area contributed by atoms with E-state index >= 15 is 0 Å². The molecule has 6 heteroatoms. The van der Waals surface area contributed by atoms with Gasteiger partial charge in [-0.2, -0.15) is 0 Å². The van der Waals surface area contributed by atoms with Crippen molar-refractivity contribution >= 4 is 28.9 Å². The quantitative estimate of drug-likeness (QED) is 0.875. The summed E-state index contributed by atoms with van der Waals surface area (Å²) in [4.78, 5) is 8.71. The number of hydrogen-bond acceptors (Lipinski definition) is 4. The van der Waals surface area contributed by atoms with Gasteiger partial charge in [0.2, 0.25) is 0 Å². The predicted octanol–water partition coefficient (Wildman–Crippen LogP) is 4.01. The van der Waals surface area contributed by atoms with E-state index in [1.807, 2.05) is 0 Å². The minimum atomic E-state index is -0.379. The molecule has 1 aromatic heterocycles. The van der Waals surface area contributed by atoms with E-state index in [2.05, 4.69) is 27.5 Å². The molecule has 0 fully saturated rings. The molecule has 0 unspecified atom stereocenters. The summed E-state index contributed by atoms with van der Waals surface area (Å²) >= 11 is 5.87. The van der Waals surface area contributed by atoms with Crippen LogP contribution in [-0.4, -0.2) is 17.0 Å². The molecule has 0 spiro atoms. The predicted molar refractivity (Wildman–Crippen MR) is 80.3 cm³/mol. The lowest BCUT2D eigenvalue weighted by molar-refractivity contribution is 0.631. The number of benzene rings is 1. The number of aryl methyl sites for hydroxylation is 1. The number of halogens is 2. The highest BCUT2D eigenvalue weighted by Crippen LogP contribution is 2.23. The smallest absolute Gasteiger partial charge is 0.146 e. The molecule has 0 aliphatic carbocycles. The first-order chi connectivity index (χ1) is 9.62. The summed E-state index contributed by atoms with van der Waals surface area (Å²) in [7, 11) is 1.78. The fourth-order valence-corrected chi connectivity index (χ4v) is 1.93. The van der Waals surface area contributed by atoms with Gasteiger partial charge in [-0.1, -0.05) is 18.5 Å². The maximum atomic E-state index is 13.7. The zero-order valence-corrected chi connectivity index (χ0v) is 12.1. The molecule has 20 heavy (non-hydrogen) atoms. The van der Waals surface area contributed by atoms with Crippen molar-refractivity contribution in [1.82, 2.24) is 9.97 Å². The maximum Gasteiger partial charge on any atom is 0.146 e. The molecular weight excluding hydrogens is 279 g/mol. The van der Waals surface area contributed by atoms with Crippen LogP contribution in [0.5, 0.6) is 0 Å². The Balaban J connectivity index is 2.32. The third kappa shape index (κ3) is 3.57. The fraction of sp³-hybridized carbons (Fsp3) is 0.286. The molecule has 0 saturated heterocycles. The summed E-state index contributed by atoms with van der Waals surface area (Å²) in [6.07, 6.45) is 1.71. The van der Waals surface area contributed by atoms with Gasteiger partial charge in [0.25, 0.3) is 0 Å². The first-order valence-electron chi connectivity index (χ1n) is 6.40. The third-order valence-electron chi connectivity index (χ3n) is 2.69. The minimum absolute atomic E-state index is 0.292. The Morgan fingerprint density at radius 3 is 2.65 bits per heavy atom. The fourth-order valence-electron chi connectivity index (χ4n) is 1.76. The van der Waals surface area contributed by atoms with E-state index in [1.54, 1.807) is 13.1 Å². The van der Waals surface area contributed by atoms with Crippen molar-refractivity contribution in [2.75, 3.05) is 17.7 Å². The summed E-state index contributed by atoms with van der Waals surface area (Å²) in [5.74, 6) is 1.56. The molecule has 0 radical (unpaired) electrons. The average Bonchev–Trinajstić information content (AvgIpc) is 2.43. The molecule has 2 aromatic rings. The molecule has 2 rings (SSSR count). The molecule has 0 amide bonds. The van der Waals surface area contributed by atoms with Gasteiger partial charge in [0.1, 0.15) is 23.3 Å². The van der Waals surface area contributed by atoms with Crippen LogP contribution in [0.1, 0.15) is 19.2 Å². The van der Waals surface area contributed by atoms with Crippen LogP contribution in [0.2, 0.25) is 5.02 Å². The van der Waals surface area contributed by atoms with Crippen LogP contribution in [0, 0.1) is 5.82 Å². The Morgan fingerprint density at radius 1 is 1.20 bits per heavy atom. The highest BCUT2D eigenvalue weighted by atomic mass is 35.5. The van der Waals surface area contributed by atoms with Gasteiger partial charge in [0, 0.05) is 24.6 Å². The van der Waals surface area contributed by atoms with Crippen molar-refractivity contribution in [1.29, 1.82) is 0 Å². The van der Waals surface area contributed by atoms with Gasteiger partial charge >= 0.3 is 0 Å². The SMILES string of the molecule is CCCc1nc(NC)cc(Nc2cc(Cl)ccc2F)n1. The normalized spacial score (nSPS) is 10.4. The lowest BCUT2D eigenvalue weighted by Crippen LogP contribution is -2.04. The van der Waals surface area contributed by atoms with Crippen molar-refractivity contribution in [2.24, 2.45) is 0 Å². The van der Waals surface area contributed by atoms with Crippen LogP contribution in [0.3, 0.4) is 0 Å². The lowest BCUT2D eigenvalue weighted by Gasteiger charge is -2.10. The number of anilines is 3. The largest absolute Gasteiger partial charge is 0.373 e. The molecule has 1 heterocycles. The van der Waals surface area contributed by atoms with E-state index in [0.717, 1.165) is 12.8 Å². The molecule has 106 valence electrons. The van der Waals surface area contributed by atoms with Crippen LogP contribution in [0.4, 0.5) is 21.7 Å². The summed E-state index contributed by atoms with van der Waals surface area (Å²) in [6.45, 7) is 2.05. The minimum Gasteiger partial charge on any atom is -0.373 e. The van der Waals surface area contributed by atoms with Gasteiger partial charge in [-0.3, -0.25) is 0 Å². The second-order valence-electron chi connectivity index (χ2n) is 4.30. The zero-order valence-electron chi connectivity index (χ0n) is 11.4. The Hall–Kier alpha value is -1.88. The molecular formula is C14H16ClFN4. The molecule has 0 atom stereocenters. The first kappa shape index (κ1) is 14.5. The molecule has 0 saturated carbocycles.